The molecule has 2 aliphatic heterocycles. The van der Waals surface area contributed by atoms with E-state index in [9.17, 15) is 0 Å². The second-order valence-electron chi connectivity index (χ2n) is 13.4. The van der Waals surface area contributed by atoms with Crippen molar-refractivity contribution in [3.8, 4) is 5.69 Å². The third-order valence-electron chi connectivity index (χ3n) is 10.9. The number of nitrogens with zero attached hydrogens (tertiary/aromatic N) is 5. The van der Waals surface area contributed by atoms with Crippen molar-refractivity contribution in [3.63, 3.8) is 0 Å². The second kappa shape index (κ2) is 11.1. The SMILES string of the molecule is c1ccc(N2c3ccccc3[Si]3(c4ccccc42)c2ccccc2N(c2ccc(-n4c5ccccc5c5ccncc54)cn2)c2ccccc23)cc1. The van der Waals surface area contributed by atoms with Gasteiger partial charge < -0.3 is 9.47 Å². The molecule has 0 saturated heterocycles. The van der Waals surface area contributed by atoms with Gasteiger partial charge in [0.1, 0.15) is 5.82 Å². The van der Waals surface area contributed by atoms with Gasteiger partial charge in [-0.3, -0.25) is 9.88 Å². The summed E-state index contributed by atoms with van der Waals surface area (Å²) in [7, 11) is -2.84. The Morgan fingerprint density at radius 1 is 0.385 bits per heavy atom. The van der Waals surface area contributed by atoms with Gasteiger partial charge in [-0.2, -0.15) is 0 Å². The lowest BCUT2D eigenvalue weighted by atomic mass is 10.1. The van der Waals surface area contributed by atoms with E-state index in [1.807, 2.05) is 18.6 Å². The van der Waals surface area contributed by atoms with Crippen LogP contribution in [-0.2, 0) is 0 Å². The zero-order chi connectivity index (χ0) is 34.2. The Labute approximate surface area is 302 Å². The Kier molecular flexibility index (Phi) is 6.20. The third kappa shape index (κ3) is 3.87. The van der Waals surface area contributed by atoms with Gasteiger partial charge in [0.15, 0.2) is 8.07 Å². The molecule has 0 unspecified atom stereocenters. The highest BCUT2D eigenvalue weighted by Gasteiger charge is 2.53. The molecule has 0 saturated carbocycles. The molecule has 1 spiro atoms. The van der Waals surface area contributed by atoms with Gasteiger partial charge in [0.05, 0.1) is 29.1 Å². The first-order valence-corrected chi connectivity index (χ1v) is 19.7. The first kappa shape index (κ1) is 29.0. The number of hydrogen-bond donors (Lipinski definition) is 0. The summed E-state index contributed by atoms with van der Waals surface area (Å²) in [5.74, 6) is 0.884. The summed E-state index contributed by atoms with van der Waals surface area (Å²) in [6, 6.07) is 61.9. The standard InChI is InChI=1S/C46H31N5Si/c1-2-14-32(15-3-1)49-37-18-6-10-22-42(37)52(43-23-11-7-19-38(43)49)44-24-12-8-20-39(44)51(40-21-9-13-25-45(40)52)46-27-26-33(30-48-46)50-36-17-5-4-16-34(36)35-28-29-47-31-41(35)50/h1-31H. The van der Waals surface area contributed by atoms with Gasteiger partial charge in [-0.05, 0) is 81.4 Å². The van der Waals surface area contributed by atoms with Crippen LogP contribution in [-0.4, -0.2) is 22.6 Å². The molecule has 0 bridgehead atoms. The molecule has 6 heteroatoms. The molecule has 0 amide bonds. The van der Waals surface area contributed by atoms with E-state index in [0.29, 0.717) is 0 Å². The van der Waals surface area contributed by atoms with Gasteiger partial charge in [-0.1, -0.05) is 109 Å². The van der Waals surface area contributed by atoms with Gasteiger partial charge >= 0.3 is 0 Å². The highest BCUT2D eigenvalue weighted by atomic mass is 28.3. The Hall–Kier alpha value is -6.76. The van der Waals surface area contributed by atoms with Crippen LogP contribution in [0, 0.1) is 0 Å². The van der Waals surface area contributed by atoms with E-state index in [2.05, 4.69) is 189 Å². The topological polar surface area (TPSA) is 37.2 Å². The summed E-state index contributed by atoms with van der Waals surface area (Å²) in [5.41, 5.74) is 9.19. The molecular weight excluding hydrogens is 651 g/mol. The molecule has 0 atom stereocenters. The second-order valence-corrected chi connectivity index (χ2v) is 17.1. The fourth-order valence-electron chi connectivity index (χ4n) is 8.91. The lowest BCUT2D eigenvalue weighted by molar-refractivity contribution is 1.11. The highest BCUT2D eigenvalue weighted by molar-refractivity contribution is 7.23. The average Bonchev–Trinajstić information content (AvgIpc) is 3.56. The van der Waals surface area contributed by atoms with E-state index in [1.165, 1.54) is 54.3 Å². The van der Waals surface area contributed by atoms with Crippen LogP contribution < -0.4 is 30.5 Å². The van der Waals surface area contributed by atoms with E-state index >= 15 is 0 Å². The summed E-state index contributed by atoms with van der Waals surface area (Å²) >= 11 is 0. The monoisotopic (exact) mass is 681 g/mol. The minimum Gasteiger partial charge on any atom is -0.311 e. The number of rotatable bonds is 3. The molecule has 0 fully saturated rings. The van der Waals surface area contributed by atoms with E-state index in [4.69, 9.17) is 4.98 Å². The van der Waals surface area contributed by atoms with Crippen molar-refractivity contribution in [2.24, 2.45) is 0 Å². The highest BCUT2D eigenvalue weighted by Crippen LogP contribution is 2.43. The number of aromatic nitrogens is 3. The molecule has 244 valence electrons. The van der Waals surface area contributed by atoms with Crippen LogP contribution in [0.15, 0.2) is 188 Å². The molecule has 6 aromatic carbocycles. The molecule has 9 aromatic rings. The van der Waals surface area contributed by atoms with Crippen LogP contribution in [0.4, 0.5) is 34.3 Å². The van der Waals surface area contributed by atoms with E-state index < -0.39 is 8.07 Å². The van der Waals surface area contributed by atoms with Crippen LogP contribution >= 0.6 is 0 Å². The number of benzene rings is 6. The first-order chi connectivity index (χ1) is 25.8. The summed E-state index contributed by atoms with van der Waals surface area (Å²) in [6.07, 6.45) is 5.82. The molecule has 5 heterocycles. The summed E-state index contributed by atoms with van der Waals surface area (Å²) < 4.78 is 2.27. The van der Waals surface area contributed by atoms with Crippen LogP contribution in [0.1, 0.15) is 0 Å². The van der Waals surface area contributed by atoms with Gasteiger partial charge in [0.2, 0.25) is 0 Å². The zero-order valence-electron chi connectivity index (χ0n) is 28.1. The smallest absolute Gasteiger partial charge is 0.188 e. The minimum absolute atomic E-state index is 0.884. The zero-order valence-corrected chi connectivity index (χ0v) is 29.1. The Morgan fingerprint density at radius 3 is 1.50 bits per heavy atom. The van der Waals surface area contributed by atoms with Crippen molar-refractivity contribution in [2.75, 3.05) is 9.80 Å². The molecule has 0 radical (unpaired) electrons. The van der Waals surface area contributed by atoms with Crippen molar-refractivity contribution in [1.82, 2.24) is 14.5 Å². The van der Waals surface area contributed by atoms with Crippen molar-refractivity contribution in [3.05, 3.63) is 188 Å². The van der Waals surface area contributed by atoms with Crippen molar-refractivity contribution in [2.45, 2.75) is 0 Å². The van der Waals surface area contributed by atoms with E-state index in [0.717, 1.165) is 28.2 Å². The van der Waals surface area contributed by atoms with Gasteiger partial charge in [-0.15, -0.1) is 0 Å². The molecule has 0 aliphatic carbocycles. The van der Waals surface area contributed by atoms with E-state index in [-0.39, 0.29) is 0 Å². The fourth-order valence-corrected chi connectivity index (χ4v) is 14.4. The molecule has 5 nitrogen and oxygen atoms in total. The molecule has 3 aromatic heterocycles. The van der Waals surface area contributed by atoms with Crippen LogP contribution in [0.3, 0.4) is 0 Å². The molecule has 11 rings (SSSR count). The molecular formula is C46H31N5Si. The molecule has 0 N–H and O–H groups in total. The minimum atomic E-state index is -2.84. The quantitative estimate of drug-likeness (QED) is 0.175. The lowest BCUT2D eigenvalue weighted by Gasteiger charge is -2.49. The van der Waals surface area contributed by atoms with Crippen molar-refractivity contribution < 1.29 is 0 Å². The van der Waals surface area contributed by atoms with Crippen LogP contribution in [0.2, 0.25) is 0 Å². The average molecular weight is 682 g/mol. The number of hydrogen-bond acceptors (Lipinski definition) is 4. The fraction of sp³-hybridized carbons (Fsp3) is 0. The maximum atomic E-state index is 5.24. The summed E-state index contributed by atoms with van der Waals surface area (Å²) in [6.45, 7) is 0. The van der Waals surface area contributed by atoms with Crippen LogP contribution in [0.25, 0.3) is 27.5 Å². The number of pyridine rings is 2. The third-order valence-corrected chi connectivity index (χ3v) is 15.8. The summed E-state index contributed by atoms with van der Waals surface area (Å²) in [5, 5.41) is 7.89. The Morgan fingerprint density at radius 2 is 0.904 bits per heavy atom. The summed E-state index contributed by atoms with van der Waals surface area (Å²) in [4.78, 5) is 14.5. The first-order valence-electron chi connectivity index (χ1n) is 17.7. The molecule has 52 heavy (non-hydrogen) atoms. The largest absolute Gasteiger partial charge is 0.311 e. The number of fused-ring (bicyclic) bond motifs is 11. The van der Waals surface area contributed by atoms with Crippen LogP contribution in [0.5, 0.6) is 0 Å². The Bertz CT molecular complexity index is 2680. The van der Waals surface area contributed by atoms with Gasteiger partial charge in [0.25, 0.3) is 0 Å². The maximum Gasteiger partial charge on any atom is 0.188 e. The van der Waals surface area contributed by atoms with Gasteiger partial charge in [-0.25, -0.2) is 4.98 Å². The predicted octanol–water partition coefficient (Wildman–Crippen LogP) is 8.52. The molecule has 2 aliphatic rings. The van der Waals surface area contributed by atoms with E-state index in [1.54, 1.807) is 0 Å². The van der Waals surface area contributed by atoms with Crippen molar-refractivity contribution in [1.29, 1.82) is 0 Å². The number of para-hydroxylation sites is 6. The predicted molar refractivity (Wildman–Crippen MR) is 216 cm³/mol. The maximum absolute atomic E-state index is 5.24. The normalized spacial score (nSPS) is 13.8. The van der Waals surface area contributed by atoms with Crippen molar-refractivity contribution >= 4 is 84.9 Å². The number of anilines is 6. The lowest BCUT2D eigenvalue weighted by Crippen LogP contribution is -2.79. The Balaban J connectivity index is 1.14. The van der Waals surface area contributed by atoms with Gasteiger partial charge in [0, 0.05) is 45.4 Å².